The molecule has 0 fully saturated rings. The highest BCUT2D eigenvalue weighted by Gasteiger charge is 2.19. The molecule has 7 heteroatoms. The first kappa shape index (κ1) is 20.1. The zero-order valence-corrected chi connectivity index (χ0v) is 17.1. The van der Waals surface area contributed by atoms with Gasteiger partial charge in [-0.25, -0.2) is 0 Å². The van der Waals surface area contributed by atoms with Gasteiger partial charge in [-0.05, 0) is 56.6 Å². The monoisotopic (exact) mass is 409 g/mol. The summed E-state index contributed by atoms with van der Waals surface area (Å²) < 4.78 is 35.4. The van der Waals surface area contributed by atoms with E-state index in [1.54, 1.807) is 24.3 Å². The minimum absolute atomic E-state index is 0.0481. The molecule has 0 spiro atoms. The van der Waals surface area contributed by atoms with Crippen LogP contribution in [0.25, 0.3) is 0 Å². The van der Waals surface area contributed by atoms with Crippen LogP contribution in [0.3, 0.4) is 0 Å². The molecule has 1 heterocycles. The molecule has 0 bridgehead atoms. The summed E-state index contributed by atoms with van der Waals surface area (Å²) >= 11 is 6.36. The Morgan fingerprint density at radius 3 is 2.37 bits per heavy atom. The minimum atomic E-state index is -3.78. The van der Waals surface area contributed by atoms with Gasteiger partial charge in [0, 0.05) is 23.7 Å². The lowest BCUT2D eigenvalue weighted by Crippen LogP contribution is -2.20. The molecule has 2 aromatic carbocycles. The van der Waals surface area contributed by atoms with Crippen molar-refractivity contribution >= 4 is 21.7 Å². The molecule has 0 unspecified atom stereocenters. The van der Waals surface area contributed by atoms with Crippen LogP contribution in [-0.4, -0.2) is 46.7 Å². The molecule has 0 aliphatic carbocycles. The van der Waals surface area contributed by atoms with E-state index in [9.17, 15) is 8.42 Å². The van der Waals surface area contributed by atoms with Crippen molar-refractivity contribution in [1.29, 1.82) is 0 Å². The summed E-state index contributed by atoms with van der Waals surface area (Å²) in [4.78, 5) is 2.41. The summed E-state index contributed by atoms with van der Waals surface area (Å²) in [6.07, 6.45) is 1.73. The van der Waals surface area contributed by atoms with E-state index in [-0.39, 0.29) is 18.1 Å². The van der Waals surface area contributed by atoms with Gasteiger partial charge in [0.05, 0.1) is 4.90 Å². The highest BCUT2D eigenvalue weighted by atomic mass is 35.5. The van der Waals surface area contributed by atoms with Crippen LogP contribution in [0.2, 0.25) is 5.02 Å². The van der Waals surface area contributed by atoms with E-state index in [1.165, 1.54) is 0 Å². The first-order chi connectivity index (χ1) is 12.9. The van der Waals surface area contributed by atoms with E-state index < -0.39 is 10.1 Å². The standard InChI is InChI=1S/C20H24ClNO4S/c1-15-3-5-16(6-4-15)27(23,24)26-14-13-25-20-8-7-19(21)17-9-11-22(2)12-10-18(17)20/h3-8H,9-14H2,1-2H3. The first-order valence-electron chi connectivity index (χ1n) is 8.94. The Balaban J connectivity index is 1.62. The van der Waals surface area contributed by atoms with Crippen molar-refractivity contribution in [1.82, 2.24) is 4.90 Å². The van der Waals surface area contributed by atoms with Crippen LogP contribution in [0.4, 0.5) is 0 Å². The highest BCUT2D eigenvalue weighted by molar-refractivity contribution is 7.86. The molecule has 0 radical (unpaired) electrons. The molecule has 146 valence electrons. The Bertz CT molecular complexity index is 897. The van der Waals surface area contributed by atoms with Gasteiger partial charge in [0.1, 0.15) is 19.0 Å². The van der Waals surface area contributed by atoms with Crippen LogP contribution in [0, 0.1) is 6.92 Å². The van der Waals surface area contributed by atoms with Crippen molar-refractivity contribution in [2.24, 2.45) is 0 Å². The number of benzene rings is 2. The van der Waals surface area contributed by atoms with Crippen LogP contribution in [0.15, 0.2) is 41.3 Å². The second kappa shape index (κ2) is 8.61. The lowest BCUT2D eigenvalue weighted by Gasteiger charge is -2.15. The Morgan fingerprint density at radius 2 is 1.67 bits per heavy atom. The molecular weight excluding hydrogens is 386 g/mol. The Kier molecular flexibility index (Phi) is 6.42. The zero-order valence-electron chi connectivity index (χ0n) is 15.6. The maximum absolute atomic E-state index is 12.2. The molecule has 1 aliphatic heterocycles. The van der Waals surface area contributed by atoms with Gasteiger partial charge in [0.25, 0.3) is 10.1 Å². The molecule has 0 N–H and O–H groups in total. The van der Waals surface area contributed by atoms with Crippen LogP contribution >= 0.6 is 11.6 Å². The third kappa shape index (κ3) is 5.02. The van der Waals surface area contributed by atoms with Gasteiger partial charge in [0.2, 0.25) is 0 Å². The Morgan fingerprint density at radius 1 is 1.00 bits per heavy atom. The van der Waals surface area contributed by atoms with E-state index in [4.69, 9.17) is 20.5 Å². The molecule has 0 saturated heterocycles. The third-order valence-electron chi connectivity index (χ3n) is 4.71. The number of halogens is 1. The molecule has 5 nitrogen and oxygen atoms in total. The van der Waals surface area contributed by atoms with Crippen LogP contribution in [0.5, 0.6) is 5.75 Å². The number of likely N-dealkylation sites (N-methyl/N-ethyl adjacent to an activating group) is 1. The molecular formula is C20H24ClNO4S. The molecule has 3 rings (SSSR count). The molecule has 0 aromatic heterocycles. The largest absolute Gasteiger partial charge is 0.491 e. The van der Waals surface area contributed by atoms with E-state index >= 15 is 0 Å². The predicted octanol–water partition coefficient (Wildman–Crippen LogP) is 3.46. The summed E-state index contributed by atoms with van der Waals surface area (Å²) in [7, 11) is -1.69. The van der Waals surface area contributed by atoms with Gasteiger partial charge >= 0.3 is 0 Å². The second-order valence-electron chi connectivity index (χ2n) is 6.74. The number of fused-ring (bicyclic) bond motifs is 1. The summed E-state index contributed by atoms with van der Waals surface area (Å²) in [5, 5.41) is 0.755. The van der Waals surface area contributed by atoms with Gasteiger partial charge in [-0.3, -0.25) is 4.18 Å². The zero-order chi connectivity index (χ0) is 19.4. The number of rotatable bonds is 6. The fraction of sp³-hybridized carbons (Fsp3) is 0.400. The quantitative estimate of drug-likeness (QED) is 0.540. The number of aryl methyl sites for hydroxylation is 1. The first-order valence-corrected chi connectivity index (χ1v) is 10.7. The maximum atomic E-state index is 12.2. The summed E-state index contributed by atoms with van der Waals surface area (Å²) in [5.41, 5.74) is 3.21. The lowest BCUT2D eigenvalue weighted by atomic mass is 10.0. The van der Waals surface area contributed by atoms with E-state index in [1.807, 2.05) is 19.1 Å². The van der Waals surface area contributed by atoms with Gasteiger partial charge in [-0.2, -0.15) is 8.42 Å². The van der Waals surface area contributed by atoms with Crippen molar-refractivity contribution in [2.45, 2.75) is 24.7 Å². The Labute approximate surface area is 166 Å². The molecule has 0 saturated carbocycles. The maximum Gasteiger partial charge on any atom is 0.297 e. The Hall–Kier alpha value is -1.60. The lowest BCUT2D eigenvalue weighted by molar-refractivity contribution is 0.219. The van der Waals surface area contributed by atoms with Gasteiger partial charge < -0.3 is 9.64 Å². The average Bonchev–Trinajstić information content (AvgIpc) is 2.83. The van der Waals surface area contributed by atoms with Gasteiger partial charge in [0.15, 0.2) is 0 Å². The number of ether oxygens (including phenoxy) is 1. The summed E-state index contributed by atoms with van der Waals surface area (Å²) in [6.45, 7) is 3.89. The summed E-state index contributed by atoms with van der Waals surface area (Å²) in [5.74, 6) is 0.751. The fourth-order valence-electron chi connectivity index (χ4n) is 3.11. The fourth-order valence-corrected chi connectivity index (χ4v) is 4.27. The van der Waals surface area contributed by atoms with Crippen LogP contribution in [0.1, 0.15) is 16.7 Å². The van der Waals surface area contributed by atoms with Crippen LogP contribution < -0.4 is 4.74 Å². The topological polar surface area (TPSA) is 55.8 Å². The highest BCUT2D eigenvalue weighted by Crippen LogP contribution is 2.31. The third-order valence-corrected chi connectivity index (χ3v) is 6.39. The SMILES string of the molecule is Cc1ccc(S(=O)(=O)OCCOc2ccc(Cl)c3c2CCN(C)CC3)cc1. The molecule has 27 heavy (non-hydrogen) atoms. The molecule has 2 aromatic rings. The average molecular weight is 410 g/mol. The minimum Gasteiger partial charge on any atom is -0.491 e. The smallest absolute Gasteiger partial charge is 0.297 e. The number of hydrogen-bond donors (Lipinski definition) is 0. The number of hydrogen-bond acceptors (Lipinski definition) is 5. The van der Waals surface area contributed by atoms with Crippen molar-refractivity contribution < 1.29 is 17.3 Å². The molecule has 1 aliphatic rings. The van der Waals surface area contributed by atoms with E-state index in [0.29, 0.717) is 0 Å². The van der Waals surface area contributed by atoms with Crippen molar-refractivity contribution in [3.05, 3.63) is 58.1 Å². The normalized spacial score (nSPS) is 15.2. The predicted molar refractivity (Wildman–Crippen MR) is 106 cm³/mol. The van der Waals surface area contributed by atoms with E-state index in [0.717, 1.165) is 53.4 Å². The number of nitrogens with zero attached hydrogens (tertiary/aromatic N) is 1. The van der Waals surface area contributed by atoms with Crippen molar-refractivity contribution in [3.63, 3.8) is 0 Å². The molecule has 0 atom stereocenters. The second-order valence-corrected chi connectivity index (χ2v) is 8.77. The van der Waals surface area contributed by atoms with E-state index in [2.05, 4.69) is 11.9 Å². The summed E-state index contributed by atoms with van der Waals surface area (Å²) in [6, 6.07) is 10.3. The van der Waals surface area contributed by atoms with Gasteiger partial charge in [-0.1, -0.05) is 29.3 Å². The molecule has 0 amide bonds. The van der Waals surface area contributed by atoms with Crippen molar-refractivity contribution in [3.8, 4) is 5.75 Å². The van der Waals surface area contributed by atoms with Gasteiger partial charge in [-0.15, -0.1) is 0 Å². The van der Waals surface area contributed by atoms with Crippen LogP contribution in [-0.2, 0) is 27.1 Å². The van der Waals surface area contributed by atoms with Crippen molar-refractivity contribution in [2.75, 3.05) is 33.4 Å².